The first kappa shape index (κ1) is 48.4. The predicted octanol–water partition coefficient (Wildman–Crippen LogP) is 5.68. The number of β-amino-alcohol motifs (C(OH)–C–C–N with tert-alkyl or cyclic N) is 1. The summed E-state index contributed by atoms with van der Waals surface area (Å²) in [4.78, 5) is 54.8. The van der Waals surface area contributed by atoms with Gasteiger partial charge in [-0.2, -0.15) is 10.5 Å². The van der Waals surface area contributed by atoms with Gasteiger partial charge in [-0.3, -0.25) is 19.2 Å². The fourth-order valence-electron chi connectivity index (χ4n) is 8.87. The summed E-state index contributed by atoms with van der Waals surface area (Å²) in [6.45, 7) is 15.4. The number of halogens is 1. The zero-order valence-electron chi connectivity index (χ0n) is 37.3. The standard InChI is InChI=1S/C48H61ClN8O6/c1-46(2,3)40(43(62)57-29-35(58)23-38(57)42(61)54-27-31-13-11-30(25-50)12-14-31)55-39(59)28-52-21-9-8-10-22-53-34-18-15-32(16-19-34)41(60)56-44-47(4,5)45(48(44,6)7)63-36-20-17-33(26-51)37(49)24-36/h11-20,24,35,38,40,44-45,52-53,58H,8-10,21-23,27-29H2,1-7H3,(H,54,61)(H,55,59)(H,56,60)/t35-,38+,40-,44?,45?/m1/s1. The Morgan fingerprint density at radius 1 is 0.921 bits per heavy atom. The van der Waals surface area contributed by atoms with Gasteiger partial charge >= 0.3 is 0 Å². The molecule has 3 aromatic rings. The highest BCUT2D eigenvalue weighted by Gasteiger charge is 2.64. The molecule has 0 unspecified atom stereocenters. The monoisotopic (exact) mass is 880 g/mol. The van der Waals surface area contributed by atoms with Gasteiger partial charge in [0.2, 0.25) is 17.7 Å². The van der Waals surface area contributed by atoms with E-state index in [0.717, 1.165) is 37.1 Å². The molecule has 63 heavy (non-hydrogen) atoms. The third-order valence-electron chi connectivity index (χ3n) is 12.1. The number of likely N-dealkylation sites (tertiary alicyclic amines) is 1. The molecule has 2 aliphatic rings. The summed E-state index contributed by atoms with van der Waals surface area (Å²) in [5.74, 6) is -0.743. The molecule has 3 aromatic carbocycles. The molecule has 14 nitrogen and oxygen atoms in total. The average molecular weight is 882 g/mol. The first-order chi connectivity index (χ1) is 29.8. The Hall–Kier alpha value is -5.67. The molecule has 0 aromatic heterocycles. The van der Waals surface area contributed by atoms with Crippen molar-refractivity contribution >= 4 is 40.9 Å². The molecular formula is C48H61ClN8O6. The largest absolute Gasteiger partial charge is 0.489 e. The number of hydrogen-bond acceptors (Lipinski definition) is 10. The van der Waals surface area contributed by atoms with Crippen molar-refractivity contribution in [3.8, 4) is 17.9 Å². The van der Waals surface area contributed by atoms with Crippen LogP contribution in [-0.2, 0) is 20.9 Å². The van der Waals surface area contributed by atoms with Crippen molar-refractivity contribution in [3.05, 3.63) is 94.0 Å². The van der Waals surface area contributed by atoms with Crippen LogP contribution in [0, 0.1) is 38.9 Å². The third-order valence-corrected chi connectivity index (χ3v) is 12.4. The van der Waals surface area contributed by atoms with Gasteiger partial charge in [0.05, 0.1) is 34.9 Å². The van der Waals surface area contributed by atoms with E-state index in [1.807, 2.05) is 32.9 Å². The first-order valence-electron chi connectivity index (χ1n) is 21.5. The highest BCUT2D eigenvalue weighted by atomic mass is 35.5. The highest BCUT2D eigenvalue weighted by molar-refractivity contribution is 6.31. The molecule has 336 valence electrons. The molecule has 0 radical (unpaired) electrons. The second-order valence-electron chi connectivity index (χ2n) is 18.8. The Morgan fingerprint density at radius 2 is 1.59 bits per heavy atom. The minimum Gasteiger partial charge on any atom is -0.489 e. The molecule has 3 atom stereocenters. The van der Waals surface area contributed by atoms with E-state index in [0.29, 0.717) is 34.0 Å². The fourth-order valence-corrected chi connectivity index (χ4v) is 9.09. The molecule has 2 fully saturated rings. The number of rotatable bonds is 18. The molecule has 1 saturated carbocycles. The van der Waals surface area contributed by atoms with Gasteiger partial charge in [-0.15, -0.1) is 0 Å². The van der Waals surface area contributed by atoms with E-state index in [2.05, 4.69) is 66.4 Å². The molecule has 0 bridgehead atoms. The average Bonchev–Trinajstić information content (AvgIpc) is 3.65. The second kappa shape index (κ2) is 20.7. The lowest BCUT2D eigenvalue weighted by Gasteiger charge is -2.63. The van der Waals surface area contributed by atoms with Crippen LogP contribution < -0.4 is 31.3 Å². The van der Waals surface area contributed by atoms with Crippen LogP contribution in [0.5, 0.6) is 5.75 Å². The number of unbranched alkanes of at least 4 members (excludes halogenated alkanes) is 2. The number of carbonyl (C=O) groups is 4. The number of aliphatic hydroxyl groups excluding tert-OH is 1. The minimum absolute atomic E-state index is 0.0122. The smallest absolute Gasteiger partial charge is 0.251 e. The van der Waals surface area contributed by atoms with E-state index in [-0.39, 0.29) is 60.8 Å². The molecule has 15 heteroatoms. The quantitative estimate of drug-likeness (QED) is 0.0863. The second-order valence-corrected chi connectivity index (χ2v) is 19.2. The van der Waals surface area contributed by atoms with Crippen LogP contribution in [0.15, 0.2) is 66.7 Å². The lowest BCUT2D eigenvalue weighted by Crippen LogP contribution is -2.74. The molecule has 1 aliphatic heterocycles. The maximum Gasteiger partial charge on any atom is 0.251 e. The molecule has 5 rings (SSSR count). The summed E-state index contributed by atoms with van der Waals surface area (Å²) in [5, 5.41) is 44.5. The number of nitriles is 2. The summed E-state index contributed by atoms with van der Waals surface area (Å²) in [5.41, 5.74) is 1.74. The Balaban J connectivity index is 0.991. The number of aliphatic hydroxyl groups is 1. The Morgan fingerprint density at radius 3 is 2.21 bits per heavy atom. The number of carbonyl (C=O) groups excluding carboxylic acids is 4. The van der Waals surface area contributed by atoms with E-state index < -0.39 is 35.4 Å². The lowest BCUT2D eigenvalue weighted by molar-refractivity contribution is -0.164. The van der Waals surface area contributed by atoms with Crippen molar-refractivity contribution in [1.82, 2.24) is 26.2 Å². The van der Waals surface area contributed by atoms with Crippen LogP contribution in [0.2, 0.25) is 5.02 Å². The molecule has 1 aliphatic carbocycles. The van der Waals surface area contributed by atoms with Crippen molar-refractivity contribution < 1.29 is 29.0 Å². The summed E-state index contributed by atoms with van der Waals surface area (Å²) < 4.78 is 6.35. The minimum atomic E-state index is -0.918. The number of ether oxygens (including phenoxy) is 1. The van der Waals surface area contributed by atoms with Crippen LogP contribution in [0.25, 0.3) is 0 Å². The molecular weight excluding hydrogens is 820 g/mol. The summed E-state index contributed by atoms with van der Waals surface area (Å²) in [6.07, 6.45) is 1.66. The number of nitrogens with zero attached hydrogens (tertiary/aromatic N) is 3. The fraction of sp³-hybridized carbons (Fsp3) is 0.500. The van der Waals surface area contributed by atoms with Crippen molar-refractivity contribution in [2.75, 3.05) is 31.5 Å². The van der Waals surface area contributed by atoms with Gasteiger partial charge in [0.15, 0.2) is 0 Å². The van der Waals surface area contributed by atoms with Gasteiger partial charge in [0.25, 0.3) is 5.91 Å². The van der Waals surface area contributed by atoms with E-state index in [9.17, 15) is 29.5 Å². The molecule has 1 saturated heterocycles. The van der Waals surface area contributed by atoms with Gasteiger partial charge in [-0.1, -0.05) is 78.6 Å². The van der Waals surface area contributed by atoms with E-state index in [1.165, 1.54) is 4.90 Å². The topological polar surface area (TPSA) is 209 Å². The lowest BCUT2D eigenvalue weighted by atomic mass is 9.49. The zero-order chi connectivity index (χ0) is 46.1. The van der Waals surface area contributed by atoms with E-state index >= 15 is 0 Å². The van der Waals surface area contributed by atoms with Gasteiger partial charge in [0.1, 0.15) is 30.0 Å². The van der Waals surface area contributed by atoms with Crippen molar-refractivity contribution in [1.29, 1.82) is 10.5 Å². The van der Waals surface area contributed by atoms with Gasteiger partial charge in [-0.25, -0.2) is 0 Å². The predicted molar refractivity (Wildman–Crippen MR) is 242 cm³/mol. The number of nitrogens with one attached hydrogen (secondary N) is 5. The maximum atomic E-state index is 13.9. The number of benzene rings is 3. The summed E-state index contributed by atoms with van der Waals surface area (Å²) >= 11 is 6.23. The molecule has 1 heterocycles. The molecule has 6 N–H and O–H groups in total. The molecule has 0 spiro atoms. The SMILES string of the molecule is CC1(C)C(NC(=O)c2ccc(NCCCCCNCC(=O)N[C@H](C(=O)N3C[C@H](O)C[C@H]3C(=O)NCc3ccc(C#N)cc3)C(C)(C)C)cc2)C(C)(C)C1Oc1ccc(C#N)c(Cl)c1. The maximum absolute atomic E-state index is 13.9. The first-order valence-corrected chi connectivity index (χ1v) is 21.9. The summed E-state index contributed by atoms with van der Waals surface area (Å²) in [7, 11) is 0. The number of hydrogen-bond donors (Lipinski definition) is 6. The van der Waals surface area contributed by atoms with Gasteiger partial charge in [0, 0.05) is 60.2 Å². The normalized spacial score (nSPS) is 20.3. The molecule has 4 amide bonds. The zero-order valence-corrected chi connectivity index (χ0v) is 38.1. The van der Waals surface area contributed by atoms with E-state index in [1.54, 1.807) is 54.6 Å². The van der Waals surface area contributed by atoms with Crippen LogP contribution in [-0.4, -0.2) is 90.1 Å². The van der Waals surface area contributed by atoms with Gasteiger partial charge < -0.3 is 41.3 Å². The Bertz CT molecular complexity index is 2180. The van der Waals surface area contributed by atoms with Crippen LogP contribution >= 0.6 is 11.6 Å². The van der Waals surface area contributed by atoms with Crippen molar-refractivity contribution in [2.45, 2.75) is 111 Å². The van der Waals surface area contributed by atoms with Crippen LogP contribution in [0.1, 0.15) is 101 Å². The highest BCUT2D eigenvalue weighted by Crippen LogP contribution is 2.55. The Kier molecular flexibility index (Phi) is 15.9. The number of amides is 4. The van der Waals surface area contributed by atoms with Crippen LogP contribution in [0.3, 0.4) is 0 Å². The van der Waals surface area contributed by atoms with Crippen molar-refractivity contribution in [2.24, 2.45) is 16.2 Å². The third kappa shape index (κ3) is 12.1. The summed E-state index contributed by atoms with van der Waals surface area (Å²) in [6, 6.07) is 21.4. The van der Waals surface area contributed by atoms with Crippen molar-refractivity contribution in [3.63, 3.8) is 0 Å². The Labute approximate surface area is 376 Å². The van der Waals surface area contributed by atoms with E-state index in [4.69, 9.17) is 21.6 Å². The van der Waals surface area contributed by atoms with Crippen LogP contribution in [0.4, 0.5) is 5.69 Å². The number of anilines is 1. The van der Waals surface area contributed by atoms with Gasteiger partial charge in [-0.05, 0) is 78.9 Å².